The minimum atomic E-state index is -0.383. The highest BCUT2D eigenvalue weighted by molar-refractivity contribution is 7.99. The average Bonchev–Trinajstić information content (AvgIpc) is 2.86. The van der Waals surface area contributed by atoms with Crippen molar-refractivity contribution in [2.24, 2.45) is 0 Å². The molecule has 1 N–H and O–H groups in total. The highest BCUT2D eigenvalue weighted by Gasteiger charge is 2.33. The van der Waals surface area contributed by atoms with Crippen LogP contribution < -0.4 is 5.32 Å². The van der Waals surface area contributed by atoms with Gasteiger partial charge in [0.2, 0.25) is 0 Å². The van der Waals surface area contributed by atoms with Gasteiger partial charge in [-0.2, -0.15) is 0 Å². The summed E-state index contributed by atoms with van der Waals surface area (Å²) in [5.74, 6) is -0.0947. The highest BCUT2D eigenvalue weighted by atomic mass is 35.5. The minimum Gasteiger partial charge on any atom is -0.345 e. The van der Waals surface area contributed by atoms with E-state index in [0.717, 1.165) is 27.5 Å². The number of nitrogens with one attached hydrogen (secondary N) is 1. The van der Waals surface area contributed by atoms with Gasteiger partial charge in [-0.05, 0) is 48.4 Å². The number of rotatable bonds is 2. The average molecular weight is 387 g/mol. The maximum atomic E-state index is 12.7. The smallest absolute Gasteiger partial charge is 0.261 e. The second-order valence-corrected chi connectivity index (χ2v) is 7.85. The second-order valence-electron chi connectivity index (χ2n) is 6.28. The number of hydrogen-bond acceptors (Lipinski definition) is 4. The van der Waals surface area contributed by atoms with Gasteiger partial charge in [0.1, 0.15) is 0 Å². The van der Waals surface area contributed by atoms with Crippen molar-refractivity contribution in [3.05, 3.63) is 63.7 Å². The van der Waals surface area contributed by atoms with Crippen LogP contribution in [0.3, 0.4) is 0 Å². The van der Waals surface area contributed by atoms with E-state index >= 15 is 0 Å². The molecule has 0 saturated carbocycles. The normalized spacial score (nSPS) is 18.5. The molecule has 1 atom stereocenters. The Balaban J connectivity index is 1.60. The zero-order valence-electron chi connectivity index (χ0n) is 13.9. The predicted octanol–water partition coefficient (Wildman–Crippen LogP) is 3.53. The van der Waals surface area contributed by atoms with Crippen molar-refractivity contribution in [3.8, 4) is 0 Å². The fourth-order valence-corrected chi connectivity index (χ4v) is 4.55. The molecular formula is C19H15ClN2O3S. The summed E-state index contributed by atoms with van der Waals surface area (Å²) in [7, 11) is 1.44. The summed E-state index contributed by atoms with van der Waals surface area (Å²) < 4.78 is 0. The summed E-state index contributed by atoms with van der Waals surface area (Å²) in [6, 6.07) is 10.2. The molecule has 0 bridgehead atoms. The van der Waals surface area contributed by atoms with Crippen LogP contribution in [-0.2, 0) is 0 Å². The zero-order valence-corrected chi connectivity index (χ0v) is 15.5. The molecule has 5 nitrogen and oxygen atoms in total. The van der Waals surface area contributed by atoms with Crippen molar-refractivity contribution in [2.75, 3.05) is 12.8 Å². The quantitative estimate of drug-likeness (QED) is 0.802. The lowest BCUT2D eigenvalue weighted by atomic mass is 10.0. The maximum absolute atomic E-state index is 12.7. The lowest BCUT2D eigenvalue weighted by Gasteiger charge is -2.26. The zero-order chi connectivity index (χ0) is 18.4. The van der Waals surface area contributed by atoms with Crippen LogP contribution in [0.1, 0.15) is 49.1 Å². The molecule has 0 fully saturated rings. The van der Waals surface area contributed by atoms with Crippen molar-refractivity contribution < 1.29 is 14.4 Å². The molecule has 0 aliphatic carbocycles. The molecule has 0 saturated heterocycles. The van der Waals surface area contributed by atoms with Crippen molar-refractivity contribution in [1.29, 1.82) is 0 Å². The summed E-state index contributed by atoms with van der Waals surface area (Å²) in [6.45, 7) is 0. The molecule has 4 rings (SSSR count). The minimum absolute atomic E-state index is 0.134. The Labute approximate surface area is 159 Å². The van der Waals surface area contributed by atoms with Crippen molar-refractivity contribution in [3.63, 3.8) is 0 Å². The van der Waals surface area contributed by atoms with Crippen LogP contribution in [0.2, 0.25) is 5.02 Å². The number of nitrogens with zero attached hydrogens (tertiary/aromatic N) is 1. The molecule has 2 aliphatic rings. The molecular weight excluding hydrogens is 372 g/mol. The standard InChI is InChI=1S/C19H15ClN2O3S/c1-22-18(24)12-4-2-10(8-13(12)19(22)25)17(23)21-15-6-7-26-16-5-3-11(20)9-14(15)16/h2-5,8-9,15H,6-7H2,1H3,(H,21,23)/t15-/m0/s1. The molecule has 7 heteroatoms. The fourth-order valence-electron chi connectivity index (χ4n) is 3.26. The molecule has 3 amide bonds. The summed E-state index contributed by atoms with van der Waals surface area (Å²) in [6.07, 6.45) is 0.800. The lowest BCUT2D eigenvalue weighted by molar-refractivity contribution is 0.0693. The molecule has 2 aromatic carbocycles. The van der Waals surface area contributed by atoms with E-state index in [1.807, 2.05) is 18.2 Å². The van der Waals surface area contributed by atoms with Crippen LogP contribution in [0, 0.1) is 0 Å². The van der Waals surface area contributed by atoms with Gasteiger partial charge in [0.15, 0.2) is 0 Å². The Morgan fingerprint density at radius 2 is 1.92 bits per heavy atom. The van der Waals surface area contributed by atoms with Crippen LogP contribution in [0.5, 0.6) is 0 Å². The molecule has 2 heterocycles. The SMILES string of the molecule is CN1C(=O)c2ccc(C(=O)N[C@H]3CCSc4ccc(Cl)cc43)cc2C1=O. The van der Waals surface area contributed by atoms with Crippen molar-refractivity contribution in [1.82, 2.24) is 10.2 Å². The topological polar surface area (TPSA) is 66.5 Å². The fraction of sp³-hybridized carbons (Fsp3) is 0.211. The first-order valence-electron chi connectivity index (χ1n) is 8.15. The number of benzene rings is 2. The van der Waals surface area contributed by atoms with Gasteiger partial charge in [-0.15, -0.1) is 11.8 Å². The van der Waals surface area contributed by atoms with Gasteiger partial charge < -0.3 is 5.32 Å². The summed E-state index contributed by atoms with van der Waals surface area (Å²) in [5.41, 5.74) is 1.98. The first-order valence-corrected chi connectivity index (χ1v) is 9.51. The van der Waals surface area contributed by atoms with Gasteiger partial charge in [0, 0.05) is 28.3 Å². The van der Waals surface area contributed by atoms with E-state index in [9.17, 15) is 14.4 Å². The van der Waals surface area contributed by atoms with Gasteiger partial charge in [-0.25, -0.2) is 0 Å². The van der Waals surface area contributed by atoms with Crippen LogP contribution >= 0.6 is 23.4 Å². The third kappa shape index (κ3) is 2.79. The summed E-state index contributed by atoms with van der Waals surface area (Å²) in [4.78, 5) is 39.0. The first kappa shape index (κ1) is 17.1. The Kier molecular flexibility index (Phi) is 4.25. The summed E-state index contributed by atoms with van der Waals surface area (Å²) in [5, 5.41) is 3.66. The van der Waals surface area contributed by atoms with Gasteiger partial charge in [0.05, 0.1) is 17.2 Å². The van der Waals surface area contributed by atoms with E-state index in [4.69, 9.17) is 11.6 Å². The highest BCUT2D eigenvalue weighted by Crippen LogP contribution is 2.37. The van der Waals surface area contributed by atoms with Gasteiger partial charge >= 0.3 is 0 Å². The number of hydrogen-bond donors (Lipinski definition) is 1. The van der Waals surface area contributed by atoms with E-state index in [1.54, 1.807) is 17.8 Å². The van der Waals surface area contributed by atoms with Crippen LogP contribution in [0.4, 0.5) is 0 Å². The number of carbonyl (C=O) groups excluding carboxylic acids is 3. The lowest BCUT2D eigenvalue weighted by Crippen LogP contribution is -2.30. The molecule has 132 valence electrons. The summed E-state index contributed by atoms with van der Waals surface area (Å²) >= 11 is 7.85. The van der Waals surface area contributed by atoms with E-state index in [0.29, 0.717) is 16.1 Å². The number of thioether (sulfide) groups is 1. The number of amides is 3. The molecule has 0 radical (unpaired) electrons. The van der Waals surface area contributed by atoms with Gasteiger partial charge in [-0.3, -0.25) is 19.3 Å². The van der Waals surface area contributed by atoms with Crippen LogP contribution in [0.15, 0.2) is 41.3 Å². The van der Waals surface area contributed by atoms with Crippen LogP contribution in [0.25, 0.3) is 0 Å². The molecule has 0 aromatic heterocycles. The molecule has 26 heavy (non-hydrogen) atoms. The Hall–Kier alpha value is -2.31. The number of fused-ring (bicyclic) bond motifs is 2. The number of halogens is 1. The third-order valence-corrected chi connectivity index (χ3v) is 6.03. The number of carbonyl (C=O) groups is 3. The Bertz CT molecular complexity index is 960. The maximum Gasteiger partial charge on any atom is 0.261 e. The molecule has 2 aromatic rings. The monoisotopic (exact) mass is 386 g/mol. The van der Waals surface area contributed by atoms with E-state index in [-0.39, 0.29) is 29.3 Å². The molecule has 0 spiro atoms. The van der Waals surface area contributed by atoms with E-state index in [1.165, 1.54) is 19.2 Å². The van der Waals surface area contributed by atoms with Crippen molar-refractivity contribution in [2.45, 2.75) is 17.4 Å². The molecule has 2 aliphatic heterocycles. The van der Waals surface area contributed by atoms with E-state index < -0.39 is 0 Å². The molecule has 0 unspecified atom stereocenters. The van der Waals surface area contributed by atoms with Gasteiger partial charge in [0.25, 0.3) is 17.7 Å². The first-order chi connectivity index (χ1) is 12.5. The largest absolute Gasteiger partial charge is 0.345 e. The number of imide groups is 1. The Morgan fingerprint density at radius 1 is 1.15 bits per heavy atom. The van der Waals surface area contributed by atoms with Crippen molar-refractivity contribution >= 4 is 41.1 Å². The van der Waals surface area contributed by atoms with Gasteiger partial charge in [-0.1, -0.05) is 11.6 Å². The van der Waals surface area contributed by atoms with E-state index in [2.05, 4.69) is 5.32 Å². The van der Waals surface area contributed by atoms with Crippen LogP contribution in [-0.4, -0.2) is 35.4 Å². The third-order valence-electron chi connectivity index (χ3n) is 4.67. The Morgan fingerprint density at radius 3 is 2.73 bits per heavy atom. The predicted molar refractivity (Wildman–Crippen MR) is 99.9 cm³/mol. The second kappa shape index (κ2) is 6.45.